The summed E-state index contributed by atoms with van der Waals surface area (Å²) in [6.07, 6.45) is 0. The fourth-order valence-corrected chi connectivity index (χ4v) is 1.61. The number of hydrogen-bond donors (Lipinski definition) is 1. The van der Waals surface area contributed by atoms with Crippen LogP contribution in [0.25, 0.3) is 0 Å². The van der Waals surface area contributed by atoms with Crippen molar-refractivity contribution >= 4 is 45.0 Å². The van der Waals surface area contributed by atoms with Crippen molar-refractivity contribution in [3.63, 3.8) is 0 Å². The minimum Gasteiger partial charge on any atom is -0.366 e. The smallest absolute Gasteiger partial charge is 0.250 e. The Morgan fingerprint density at radius 3 is 2.42 bits per heavy atom. The Labute approximate surface area is 87.8 Å². The van der Waals surface area contributed by atoms with Gasteiger partial charge in [0.1, 0.15) is 0 Å². The number of hydrogen-bond acceptors (Lipinski definition) is 1. The van der Waals surface area contributed by atoms with Gasteiger partial charge in [0, 0.05) is 4.47 Å². The number of amides is 1. The molecule has 64 valence electrons. The van der Waals surface area contributed by atoms with E-state index >= 15 is 0 Å². The Morgan fingerprint density at radius 1 is 1.33 bits per heavy atom. The van der Waals surface area contributed by atoms with E-state index in [1.807, 2.05) is 0 Å². The molecule has 1 rings (SSSR count). The highest BCUT2D eigenvalue weighted by Crippen LogP contribution is 2.28. The van der Waals surface area contributed by atoms with E-state index in [2.05, 4.69) is 15.9 Å². The fraction of sp³-hybridized carbons (Fsp3) is 0. The van der Waals surface area contributed by atoms with Gasteiger partial charge < -0.3 is 5.73 Å². The van der Waals surface area contributed by atoms with Crippen molar-refractivity contribution in [2.45, 2.75) is 0 Å². The summed E-state index contributed by atoms with van der Waals surface area (Å²) in [5, 5.41) is 0.701. The second-order valence-corrected chi connectivity index (χ2v) is 3.78. The molecule has 1 aromatic rings. The van der Waals surface area contributed by atoms with E-state index in [-0.39, 0.29) is 5.56 Å². The van der Waals surface area contributed by atoms with E-state index in [1.54, 1.807) is 0 Å². The third-order valence-corrected chi connectivity index (χ3v) is 2.79. The van der Waals surface area contributed by atoms with Crippen LogP contribution in [-0.2, 0) is 0 Å². The molecule has 0 radical (unpaired) electrons. The standard InChI is InChI=1S/C7H4BrCl2NO/c8-4-2-5(9)3(7(11)12)1-6(4)10/h1-2H,(H2,11,12). The zero-order valence-electron chi connectivity index (χ0n) is 5.77. The summed E-state index contributed by atoms with van der Waals surface area (Å²) >= 11 is 14.6. The Kier molecular flexibility index (Phi) is 2.99. The molecule has 0 aromatic heterocycles. The van der Waals surface area contributed by atoms with Gasteiger partial charge >= 0.3 is 0 Å². The van der Waals surface area contributed by atoms with Crippen molar-refractivity contribution < 1.29 is 4.79 Å². The summed E-state index contributed by atoms with van der Waals surface area (Å²) in [7, 11) is 0. The van der Waals surface area contributed by atoms with Crippen molar-refractivity contribution in [1.82, 2.24) is 0 Å². The van der Waals surface area contributed by atoms with Crippen LogP contribution in [0, 0.1) is 0 Å². The molecule has 0 atom stereocenters. The molecule has 0 aliphatic rings. The number of rotatable bonds is 1. The van der Waals surface area contributed by atoms with Crippen LogP contribution in [0.4, 0.5) is 0 Å². The predicted molar refractivity (Wildman–Crippen MR) is 52.7 cm³/mol. The quantitative estimate of drug-likeness (QED) is 0.782. The number of nitrogens with two attached hydrogens (primary N) is 1. The lowest BCUT2D eigenvalue weighted by molar-refractivity contribution is 0.100. The number of benzene rings is 1. The second-order valence-electron chi connectivity index (χ2n) is 2.11. The molecule has 0 unspecified atom stereocenters. The van der Waals surface area contributed by atoms with E-state index in [4.69, 9.17) is 28.9 Å². The molecule has 0 aliphatic carbocycles. The predicted octanol–water partition coefficient (Wildman–Crippen LogP) is 2.85. The minimum absolute atomic E-state index is 0.227. The van der Waals surface area contributed by atoms with E-state index in [0.29, 0.717) is 14.5 Å². The molecule has 2 nitrogen and oxygen atoms in total. The Bertz CT molecular complexity index is 340. The highest BCUT2D eigenvalue weighted by Gasteiger charge is 2.09. The molecule has 0 bridgehead atoms. The molecule has 0 aliphatic heterocycles. The lowest BCUT2D eigenvalue weighted by atomic mass is 10.2. The Morgan fingerprint density at radius 2 is 1.92 bits per heavy atom. The van der Waals surface area contributed by atoms with Crippen LogP contribution < -0.4 is 5.73 Å². The SMILES string of the molecule is NC(=O)c1cc(Cl)c(Br)cc1Cl. The minimum atomic E-state index is -0.589. The van der Waals surface area contributed by atoms with Crippen LogP contribution in [-0.4, -0.2) is 5.91 Å². The zero-order valence-corrected chi connectivity index (χ0v) is 8.87. The molecule has 2 N–H and O–H groups in total. The second kappa shape index (κ2) is 3.64. The van der Waals surface area contributed by atoms with E-state index in [9.17, 15) is 4.79 Å². The average Bonchev–Trinajstić information content (AvgIpc) is 1.96. The summed E-state index contributed by atoms with van der Waals surface area (Å²) in [5.74, 6) is -0.589. The van der Waals surface area contributed by atoms with Gasteiger partial charge in [0.25, 0.3) is 0 Å². The lowest BCUT2D eigenvalue weighted by Gasteiger charge is -2.01. The highest BCUT2D eigenvalue weighted by molar-refractivity contribution is 9.10. The van der Waals surface area contributed by atoms with E-state index in [0.717, 1.165) is 0 Å². The van der Waals surface area contributed by atoms with Crippen LogP contribution in [0.3, 0.4) is 0 Å². The number of primary amides is 1. The van der Waals surface area contributed by atoms with Crippen molar-refractivity contribution in [1.29, 1.82) is 0 Å². The van der Waals surface area contributed by atoms with Crippen LogP contribution in [0.2, 0.25) is 10.0 Å². The van der Waals surface area contributed by atoms with Crippen LogP contribution in [0.15, 0.2) is 16.6 Å². The highest BCUT2D eigenvalue weighted by atomic mass is 79.9. The van der Waals surface area contributed by atoms with Gasteiger partial charge in [0.05, 0.1) is 15.6 Å². The maximum atomic E-state index is 10.7. The first-order chi connectivity index (χ1) is 5.52. The van der Waals surface area contributed by atoms with Gasteiger partial charge in [-0.25, -0.2) is 0 Å². The van der Waals surface area contributed by atoms with Crippen molar-refractivity contribution in [3.05, 3.63) is 32.2 Å². The van der Waals surface area contributed by atoms with Gasteiger partial charge in [-0.3, -0.25) is 4.79 Å². The molecule has 1 aromatic carbocycles. The molecular weight excluding hydrogens is 265 g/mol. The Hall–Kier alpha value is -0.250. The molecule has 0 saturated carbocycles. The van der Waals surface area contributed by atoms with Gasteiger partial charge in [-0.15, -0.1) is 0 Å². The molecule has 0 fully saturated rings. The summed E-state index contributed by atoms with van der Waals surface area (Å²) in [6.45, 7) is 0. The number of halogens is 3. The molecule has 0 heterocycles. The molecule has 0 spiro atoms. The fourth-order valence-electron chi connectivity index (χ4n) is 0.711. The number of carbonyl (C=O) groups is 1. The zero-order chi connectivity index (χ0) is 9.30. The van der Waals surface area contributed by atoms with E-state index in [1.165, 1.54) is 12.1 Å². The Balaban J connectivity index is 3.33. The summed E-state index contributed by atoms with van der Waals surface area (Å²) in [6, 6.07) is 2.96. The van der Waals surface area contributed by atoms with Crippen molar-refractivity contribution in [2.24, 2.45) is 5.73 Å². The van der Waals surface area contributed by atoms with Gasteiger partial charge in [-0.1, -0.05) is 23.2 Å². The lowest BCUT2D eigenvalue weighted by Crippen LogP contribution is -2.11. The molecular formula is C7H4BrCl2NO. The van der Waals surface area contributed by atoms with Gasteiger partial charge in [0.15, 0.2) is 0 Å². The summed E-state index contributed by atoms with van der Waals surface area (Å²) in [4.78, 5) is 10.7. The van der Waals surface area contributed by atoms with Crippen molar-refractivity contribution in [3.8, 4) is 0 Å². The largest absolute Gasteiger partial charge is 0.366 e. The summed E-state index contributed by atoms with van der Waals surface area (Å²) < 4.78 is 0.638. The first-order valence-corrected chi connectivity index (χ1v) is 4.51. The first-order valence-electron chi connectivity index (χ1n) is 2.96. The third kappa shape index (κ3) is 1.91. The van der Waals surface area contributed by atoms with Crippen LogP contribution in [0.5, 0.6) is 0 Å². The first kappa shape index (κ1) is 9.84. The molecule has 12 heavy (non-hydrogen) atoms. The maximum Gasteiger partial charge on any atom is 0.250 e. The van der Waals surface area contributed by atoms with E-state index < -0.39 is 5.91 Å². The third-order valence-electron chi connectivity index (χ3n) is 1.28. The van der Waals surface area contributed by atoms with Crippen LogP contribution >= 0.6 is 39.1 Å². The van der Waals surface area contributed by atoms with Crippen LogP contribution in [0.1, 0.15) is 10.4 Å². The normalized spacial score (nSPS) is 9.92. The number of carbonyl (C=O) groups excluding carboxylic acids is 1. The molecule has 0 saturated heterocycles. The van der Waals surface area contributed by atoms with Gasteiger partial charge in [-0.05, 0) is 28.1 Å². The van der Waals surface area contributed by atoms with Gasteiger partial charge in [-0.2, -0.15) is 0 Å². The summed E-state index contributed by atoms with van der Waals surface area (Å²) in [5.41, 5.74) is 5.26. The monoisotopic (exact) mass is 267 g/mol. The average molecular weight is 269 g/mol. The van der Waals surface area contributed by atoms with Crippen molar-refractivity contribution in [2.75, 3.05) is 0 Å². The topological polar surface area (TPSA) is 43.1 Å². The molecule has 1 amide bonds. The maximum absolute atomic E-state index is 10.7. The van der Waals surface area contributed by atoms with Gasteiger partial charge in [0.2, 0.25) is 5.91 Å². The molecule has 5 heteroatoms.